The number of esters is 3. The monoisotopic (exact) mass is 476 g/mol. The van der Waals surface area contributed by atoms with Crippen LogP contribution in [-0.4, -0.2) is 53.7 Å². The van der Waals surface area contributed by atoms with Crippen LogP contribution >= 0.6 is 0 Å². The van der Waals surface area contributed by atoms with E-state index in [4.69, 9.17) is 18.9 Å². The van der Waals surface area contributed by atoms with Gasteiger partial charge in [-0.1, -0.05) is 54.6 Å². The van der Waals surface area contributed by atoms with Gasteiger partial charge in [-0.15, -0.1) is 0 Å². The van der Waals surface area contributed by atoms with Gasteiger partial charge in [-0.05, 0) is 43.3 Å². The molecule has 0 radical (unpaired) electrons. The molecule has 0 bridgehead atoms. The van der Waals surface area contributed by atoms with Gasteiger partial charge in [-0.3, -0.25) is 0 Å². The maximum absolute atomic E-state index is 12.9. The number of benzene rings is 3. The fourth-order valence-corrected chi connectivity index (χ4v) is 3.71. The third-order valence-electron chi connectivity index (χ3n) is 5.50. The van der Waals surface area contributed by atoms with Crippen LogP contribution in [-0.2, 0) is 18.9 Å². The molecule has 1 saturated heterocycles. The van der Waals surface area contributed by atoms with Gasteiger partial charge < -0.3 is 24.1 Å². The molecule has 0 aliphatic carbocycles. The molecule has 1 N–H and O–H groups in total. The number of ether oxygens (including phenoxy) is 4. The highest BCUT2D eigenvalue weighted by atomic mass is 16.7. The van der Waals surface area contributed by atoms with E-state index in [1.165, 1.54) is 0 Å². The Hall–Kier alpha value is -4.01. The molecular formula is C27H24O8. The van der Waals surface area contributed by atoms with E-state index < -0.39 is 48.6 Å². The Bertz CT molecular complexity index is 1080. The Labute approximate surface area is 202 Å². The molecular weight excluding hydrogens is 452 g/mol. The zero-order valence-electron chi connectivity index (χ0n) is 18.9. The van der Waals surface area contributed by atoms with Crippen molar-refractivity contribution in [2.45, 2.75) is 37.6 Å². The first kappa shape index (κ1) is 24.1. The van der Waals surface area contributed by atoms with Gasteiger partial charge in [0.15, 0.2) is 24.6 Å². The van der Waals surface area contributed by atoms with E-state index in [9.17, 15) is 19.5 Å². The zero-order chi connectivity index (χ0) is 24.8. The summed E-state index contributed by atoms with van der Waals surface area (Å²) in [7, 11) is 0. The highest BCUT2D eigenvalue weighted by Crippen LogP contribution is 2.29. The fourth-order valence-electron chi connectivity index (χ4n) is 3.71. The summed E-state index contributed by atoms with van der Waals surface area (Å²) in [5.41, 5.74) is 0.739. The van der Waals surface area contributed by atoms with Crippen molar-refractivity contribution in [3.05, 3.63) is 108 Å². The molecule has 8 nitrogen and oxygen atoms in total. The number of hydrogen-bond acceptors (Lipinski definition) is 8. The molecule has 5 atom stereocenters. The molecule has 0 unspecified atom stereocenters. The molecule has 3 aromatic rings. The topological polar surface area (TPSA) is 108 Å². The molecule has 4 rings (SSSR count). The van der Waals surface area contributed by atoms with E-state index in [-0.39, 0.29) is 16.7 Å². The Morgan fingerprint density at radius 1 is 0.600 bits per heavy atom. The molecule has 35 heavy (non-hydrogen) atoms. The number of aliphatic hydroxyl groups excluding tert-OH is 1. The predicted molar refractivity (Wildman–Crippen MR) is 123 cm³/mol. The minimum absolute atomic E-state index is 0.226. The largest absolute Gasteiger partial charge is 0.452 e. The van der Waals surface area contributed by atoms with Crippen molar-refractivity contribution in [2.24, 2.45) is 0 Å². The lowest BCUT2D eigenvalue weighted by Crippen LogP contribution is -2.60. The lowest BCUT2D eigenvalue weighted by atomic mass is 9.98. The number of carbonyl (C=O) groups excluding carboxylic acids is 3. The van der Waals surface area contributed by atoms with Crippen LogP contribution in [0.15, 0.2) is 91.0 Å². The van der Waals surface area contributed by atoms with Gasteiger partial charge in [0, 0.05) is 0 Å². The third-order valence-corrected chi connectivity index (χ3v) is 5.50. The zero-order valence-corrected chi connectivity index (χ0v) is 18.9. The molecule has 1 aliphatic heterocycles. The van der Waals surface area contributed by atoms with Crippen molar-refractivity contribution >= 4 is 17.9 Å². The van der Waals surface area contributed by atoms with Crippen LogP contribution in [0.5, 0.6) is 0 Å². The lowest BCUT2D eigenvalue weighted by Gasteiger charge is -2.42. The third kappa shape index (κ3) is 5.74. The van der Waals surface area contributed by atoms with Crippen molar-refractivity contribution < 1.29 is 38.4 Å². The summed E-state index contributed by atoms with van der Waals surface area (Å²) < 4.78 is 22.4. The van der Waals surface area contributed by atoms with Crippen LogP contribution in [0, 0.1) is 0 Å². The normalized spacial score (nSPS) is 23.7. The summed E-state index contributed by atoms with van der Waals surface area (Å²) in [6.45, 7) is 1.56. The van der Waals surface area contributed by atoms with Crippen molar-refractivity contribution in [1.29, 1.82) is 0 Å². The van der Waals surface area contributed by atoms with E-state index >= 15 is 0 Å². The van der Waals surface area contributed by atoms with E-state index in [2.05, 4.69) is 0 Å². The Morgan fingerprint density at radius 3 is 1.34 bits per heavy atom. The summed E-state index contributed by atoms with van der Waals surface area (Å²) in [5.74, 6) is -2.18. The number of hydrogen-bond donors (Lipinski definition) is 1. The van der Waals surface area contributed by atoms with Crippen LogP contribution in [0.2, 0.25) is 0 Å². The molecule has 0 spiro atoms. The van der Waals surface area contributed by atoms with E-state index in [1.54, 1.807) is 97.9 Å². The van der Waals surface area contributed by atoms with Crippen LogP contribution in [0.25, 0.3) is 0 Å². The van der Waals surface area contributed by atoms with Gasteiger partial charge in [-0.2, -0.15) is 0 Å². The Kier molecular flexibility index (Phi) is 7.54. The van der Waals surface area contributed by atoms with Gasteiger partial charge in [0.05, 0.1) is 22.8 Å². The van der Waals surface area contributed by atoms with Gasteiger partial charge in [0.2, 0.25) is 0 Å². The lowest BCUT2D eigenvalue weighted by molar-refractivity contribution is -0.275. The van der Waals surface area contributed by atoms with Crippen molar-refractivity contribution in [3.63, 3.8) is 0 Å². The van der Waals surface area contributed by atoms with Crippen molar-refractivity contribution in [3.8, 4) is 0 Å². The quantitative estimate of drug-likeness (QED) is 0.426. The summed E-state index contributed by atoms with van der Waals surface area (Å²) >= 11 is 0. The van der Waals surface area contributed by atoms with E-state index in [0.29, 0.717) is 0 Å². The first-order valence-corrected chi connectivity index (χ1v) is 11.1. The summed E-state index contributed by atoms with van der Waals surface area (Å²) in [6, 6.07) is 24.6. The minimum Gasteiger partial charge on any atom is -0.452 e. The van der Waals surface area contributed by atoms with Gasteiger partial charge in [0.1, 0.15) is 0 Å². The SMILES string of the molecule is C[C@H]1O[C@@H](O)[C@H](OC(=O)c2ccccc2)[C@@H](OC(=O)c2ccccc2)[C@@H]1OC(=O)c1ccccc1. The van der Waals surface area contributed by atoms with Crippen LogP contribution in [0.4, 0.5) is 0 Å². The van der Waals surface area contributed by atoms with Gasteiger partial charge >= 0.3 is 17.9 Å². The second kappa shape index (κ2) is 10.9. The molecule has 1 aliphatic rings. The Morgan fingerprint density at radius 2 is 0.943 bits per heavy atom. The molecule has 8 heteroatoms. The standard InChI is InChI=1S/C27H24O8/c1-17-21(33-24(28)18-11-5-2-6-12-18)22(34-25(29)19-13-7-3-8-14-19)23(27(31)32-17)35-26(30)20-15-9-4-10-16-20/h2-17,21-23,27,31H,1H3/t17-,21-,22+,23-,27-/m1/s1. The average molecular weight is 476 g/mol. The highest BCUT2D eigenvalue weighted by molar-refractivity contribution is 5.91. The summed E-state index contributed by atoms with van der Waals surface area (Å²) in [4.78, 5) is 38.5. The summed E-state index contributed by atoms with van der Waals surface area (Å²) in [6.07, 6.45) is -6.48. The first-order valence-electron chi connectivity index (χ1n) is 11.1. The number of rotatable bonds is 6. The first-order chi connectivity index (χ1) is 16.9. The van der Waals surface area contributed by atoms with E-state index in [1.807, 2.05) is 0 Å². The minimum atomic E-state index is -1.63. The maximum atomic E-state index is 12.9. The average Bonchev–Trinajstić information content (AvgIpc) is 2.89. The molecule has 0 amide bonds. The molecule has 1 heterocycles. The highest BCUT2D eigenvalue weighted by Gasteiger charge is 2.50. The fraction of sp³-hybridized carbons (Fsp3) is 0.222. The van der Waals surface area contributed by atoms with Gasteiger partial charge in [0.25, 0.3) is 0 Å². The molecule has 0 aromatic heterocycles. The van der Waals surface area contributed by atoms with E-state index in [0.717, 1.165) is 0 Å². The molecule has 3 aromatic carbocycles. The van der Waals surface area contributed by atoms with Gasteiger partial charge in [-0.25, -0.2) is 14.4 Å². The molecule has 180 valence electrons. The maximum Gasteiger partial charge on any atom is 0.338 e. The van der Waals surface area contributed by atoms with Crippen molar-refractivity contribution in [2.75, 3.05) is 0 Å². The summed E-state index contributed by atoms with van der Waals surface area (Å²) in [5, 5.41) is 10.6. The molecule has 1 fully saturated rings. The predicted octanol–water partition coefficient (Wildman–Crippen LogP) is 3.40. The smallest absolute Gasteiger partial charge is 0.338 e. The second-order valence-corrected chi connectivity index (χ2v) is 7.94. The Balaban J connectivity index is 1.63. The second-order valence-electron chi connectivity index (χ2n) is 7.94. The van der Waals surface area contributed by atoms with Crippen LogP contribution < -0.4 is 0 Å². The number of aliphatic hydroxyl groups is 1. The number of carbonyl (C=O) groups is 3. The van der Waals surface area contributed by atoms with Crippen LogP contribution in [0.3, 0.4) is 0 Å². The van der Waals surface area contributed by atoms with Crippen molar-refractivity contribution in [1.82, 2.24) is 0 Å². The molecule has 0 saturated carbocycles. The van der Waals surface area contributed by atoms with Crippen LogP contribution in [0.1, 0.15) is 38.0 Å².